The summed E-state index contributed by atoms with van der Waals surface area (Å²) in [5.74, 6) is -3.20. The van der Waals surface area contributed by atoms with Gasteiger partial charge >= 0.3 is 7.52 Å². The normalized spacial score (nSPS) is 17.2. The number of fused-ring (bicyclic) bond motifs is 1. The number of aromatic hydroxyl groups is 1. The number of amidine groups is 1. The summed E-state index contributed by atoms with van der Waals surface area (Å²) in [6.45, 7) is -0.306. The molecule has 1 atom stereocenters. The van der Waals surface area contributed by atoms with E-state index in [4.69, 9.17) is 0 Å². The van der Waals surface area contributed by atoms with Gasteiger partial charge in [-0.2, -0.15) is 21.2 Å². The van der Waals surface area contributed by atoms with E-state index in [9.17, 15) is 37.2 Å². The Balaban J connectivity index is 1.64. The minimum absolute atomic E-state index is 0.0378. The van der Waals surface area contributed by atoms with Gasteiger partial charge in [-0.05, 0) is 47.3 Å². The molecule has 0 fully saturated rings. The molecule has 2 aromatic heterocycles. The molecule has 0 saturated heterocycles. The van der Waals surface area contributed by atoms with Crippen LogP contribution in [-0.2, 0) is 11.1 Å². The van der Waals surface area contributed by atoms with E-state index in [1.165, 1.54) is 35.6 Å². The van der Waals surface area contributed by atoms with Gasteiger partial charge in [-0.25, -0.2) is 13.5 Å². The van der Waals surface area contributed by atoms with Crippen LogP contribution in [0.2, 0.25) is 0 Å². The molecule has 0 amide bonds. The first-order valence-electron chi connectivity index (χ1n) is 11.0. The number of thiophene rings is 1. The molecular formula is C23H20F2N5O6PS2. The van der Waals surface area contributed by atoms with Crippen molar-refractivity contribution in [3.05, 3.63) is 86.3 Å². The molecule has 6 N–H and O–H groups in total. The molecule has 4 aromatic rings. The second-order valence-corrected chi connectivity index (χ2v) is 13.0. The highest BCUT2D eigenvalue weighted by molar-refractivity contribution is 8.24. The summed E-state index contributed by atoms with van der Waals surface area (Å²) in [4.78, 5) is 24.3. The molecule has 0 spiro atoms. The second kappa shape index (κ2) is 9.86. The van der Waals surface area contributed by atoms with E-state index in [2.05, 4.69) is 19.9 Å². The number of rotatable bonds is 6. The van der Waals surface area contributed by atoms with E-state index >= 15 is 0 Å². The zero-order valence-corrected chi connectivity index (χ0v) is 22.4. The highest BCUT2D eigenvalue weighted by Crippen LogP contribution is 2.48. The van der Waals surface area contributed by atoms with E-state index in [1.54, 1.807) is 16.8 Å². The molecule has 1 aliphatic heterocycles. The Morgan fingerprint density at radius 2 is 1.92 bits per heavy atom. The standard InChI is InChI=1S/C23H20F2N5O6PS2/c1-39(35,36)29-14-3-5-17-18(9-14)37(33,34)28-22(26-17)19-21(31)20(13-6-7-38-11-13)27-30(23(19)32)10-12-2-4-15(24)16(25)8-12/h2-9,11,29,31,35-36H,10H2,1H3,(H2,26,28,33,34). The summed E-state index contributed by atoms with van der Waals surface area (Å²) in [6.07, 6.45) is 1.14. The highest BCUT2D eigenvalue weighted by atomic mass is 32.3. The van der Waals surface area contributed by atoms with E-state index in [0.717, 1.165) is 23.1 Å². The summed E-state index contributed by atoms with van der Waals surface area (Å²) in [5.41, 5.74) is -0.534. The monoisotopic (exact) mass is 595 g/mol. The van der Waals surface area contributed by atoms with Crippen molar-refractivity contribution >= 4 is 52.1 Å². The predicted molar refractivity (Wildman–Crippen MR) is 147 cm³/mol. The third kappa shape index (κ3) is 5.45. The molecule has 0 bridgehead atoms. The molecule has 5 rings (SSSR count). The molecule has 11 nitrogen and oxygen atoms in total. The van der Waals surface area contributed by atoms with Crippen LogP contribution in [-0.4, -0.2) is 41.0 Å². The number of hydrogen-bond donors (Lipinski definition) is 6. The minimum Gasteiger partial charge on any atom is -0.505 e. The fourth-order valence-corrected chi connectivity index (χ4v) is 6.40. The molecule has 2 aromatic carbocycles. The lowest BCUT2D eigenvalue weighted by molar-refractivity contribution is 0.463. The SMILES string of the molecule is CS(O)(O)Nc1ccc2c(c1)P(=O)(O)N=C(c1c(O)c(-c3ccsc3)nn(Cc3ccc(F)c(F)c3)c1=O)N2. The van der Waals surface area contributed by atoms with Crippen LogP contribution in [0.4, 0.5) is 20.2 Å². The smallest absolute Gasteiger partial charge is 0.346 e. The Morgan fingerprint density at radius 3 is 2.59 bits per heavy atom. The number of nitrogens with one attached hydrogen (secondary N) is 2. The van der Waals surface area contributed by atoms with Crippen molar-refractivity contribution in [1.29, 1.82) is 0 Å². The third-order valence-corrected chi connectivity index (χ3v) is 8.36. The van der Waals surface area contributed by atoms with Crippen LogP contribution in [0.3, 0.4) is 0 Å². The molecular weight excluding hydrogens is 575 g/mol. The lowest BCUT2D eigenvalue weighted by atomic mass is 10.1. The van der Waals surface area contributed by atoms with Crippen LogP contribution >= 0.6 is 29.6 Å². The van der Waals surface area contributed by atoms with Gasteiger partial charge in [0.05, 0.1) is 23.2 Å². The van der Waals surface area contributed by atoms with Gasteiger partial charge in [0.1, 0.15) is 11.3 Å². The number of hydrogen-bond acceptors (Lipinski definition) is 9. The van der Waals surface area contributed by atoms with E-state index in [1.807, 2.05) is 0 Å². The van der Waals surface area contributed by atoms with Gasteiger partial charge in [-0.3, -0.25) is 23.2 Å². The summed E-state index contributed by atoms with van der Waals surface area (Å²) < 4.78 is 67.0. The van der Waals surface area contributed by atoms with Gasteiger partial charge in [0.2, 0.25) is 0 Å². The summed E-state index contributed by atoms with van der Waals surface area (Å²) in [7, 11) is -7.71. The van der Waals surface area contributed by atoms with Gasteiger partial charge < -0.3 is 15.3 Å². The molecule has 1 aliphatic rings. The summed E-state index contributed by atoms with van der Waals surface area (Å²) in [6, 6.07) is 8.73. The Kier molecular flexibility index (Phi) is 6.83. The van der Waals surface area contributed by atoms with Gasteiger partial charge in [0.25, 0.3) is 5.56 Å². The fourth-order valence-electron chi connectivity index (χ4n) is 3.91. The quantitative estimate of drug-likeness (QED) is 0.177. The van der Waals surface area contributed by atoms with E-state index < -0.39 is 52.6 Å². The van der Waals surface area contributed by atoms with Crippen molar-refractivity contribution in [3.8, 4) is 17.0 Å². The molecule has 16 heteroatoms. The molecule has 204 valence electrons. The van der Waals surface area contributed by atoms with E-state index in [0.29, 0.717) is 5.56 Å². The van der Waals surface area contributed by atoms with Crippen LogP contribution in [0, 0.1) is 11.6 Å². The van der Waals surface area contributed by atoms with Crippen LogP contribution in [0.1, 0.15) is 11.1 Å². The molecule has 0 saturated carbocycles. The van der Waals surface area contributed by atoms with Gasteiger partial charge in [0.15, 0.2) is 23.2 Å². The van der Waals surface area contributed by atoms with Crippen LogP contribution in [0.5, 0.6) is 5.75 Å². The molecule has 3 heterocycles. The van der Waals surface area contributed by atoms with Crippen LogP contribution in [0.25, 0.3) is 11.3 Å². The Morgan fingerprint density at radius 1 is 1.15 bits per heavy atom. The third-order valence-electron chi connectivity index (χ3n) is 5.59. The summed E-state index contributed by atoms with van der Waals surface area (Å²) >= 11 is 1.30. The van der Waals surface area contributed by atoms with Gasteiger partial charge in [-0.15, -0.1) is 10.8 Å². The maximum absolute atomic E-state index is 13.8. The van der Waals surface area contributed by atoms with Crippen LogP contribution in [0.15, 0.2) is 62.8 Å². The lowest BCUT2D eigenvalue weighted by Crippen LogP contribution is -2.34. The first-order valence-corrected chi connectivity index (χ1v) is 15.5. The number of halogens is 2. The topological polar surface area (TPSA) is 169 Å². The van der Waals surface area contributed by atoms with Crippen LogP contribution < -0.4 is 20.9 Å². The average molecular weight is 596 g/mol. The lowest BCUT2D eigenvalue weighted by Gasteiger charge is -2.30. The number of benzene rings is 2. The predicted octanol–water partition coefficient (Wildman–Crippen LogP) is 4.39. The van der Waals surface area contributed by atoms with Crippen molar-refractivity contribution in [2.45, 2.75) is 6.54 Å². The van der Waals surface area contributed by atoms with Crippen molar-refractivity contribution < 1.29 is 32.5 Å². The maximum atomic E-state index is 13.8. The Bertz CT molecular complexity index is 1740. The summed E-state index contributed by atoms with van der Waals surface area (Å²) in [5, 5.41) is 21.3. The fraction of sp³-hybridized carbons (Fsp3) is 0.0870. The first kappa shape index (κ1) is 27.0. The number of nitrogens with zero attached hydrogens (tertiary/aromatic N) is 3. The van der Waals surface area contributed by atoms with Gasteiger partial charge in [0, 0.05) is 17.2 Å². The zero-order chi connectivity index (χ0) is 28.1. The molecule has 0 aliphatic carbocycles. The molecule has 0 radical (unpaired) electrons. The number of aromatic nitrogens is 2. The average Bonchev–Trinajstić information content (AvgIpc) is 3.37. The first-order chi connectivity index (χ1) is 18.3. The van der Waals surface area contributed by atoms with Crippen molar-refractivity contribution in [1.82, 2.24) is 9.78 Å². The number of anilines is 2. The van der Waals surface area contributed by atoms with Crippen molar-refractivity contribution in [2.75, 3.05) is 16.3 Å². The minimum atomic E-state index is -4.54. The molecule has 1 unspecified atom stereocenters. The Hall–Kier alpha value is -3.59. The Labute approximate surface area is 225 Å². The van der Waals surface area contributed by atoms with Gasteiger partial charge in [-0.1, -0.05) is 6.07 Å². The zero-order valence-electron chi connectivity index (χ0n) is 19.9. The molecule has 39 heavy (non-hydrogen) atoms. The van der Waals surface area contributed by atoms with Crippen molar-refractivity contribution in [2.24, 2.45) is 4.76 Å². The largest absolute Gasteiger partial charge is 0.505 e. The second-order valence-electron chi connectivity index (χ2n) is 8.58. The van der Waals surface area contributed by atoms with Crippen molar-refractivity contribution in [3.63, 3.8) is 0 Å². The van der Waals surface area contributed by atoms with E-state index in [-0.39, 0.29) is 34.5 Å². The highest BCUT2D eigenvalue weighted by Gasteiger charge is 2.34. The maximum Gasteiger partial charge on any atom is 0.346 e.